The van der Waals surface area contributed by atoms with E-state index in [1.54, 1.807) is 6.21 Å². The smallest absolute Gasteiger partial charge is 0.203 e. The lowest BCUT2D eigenvalue weighted by molar-refractivity contribution is 0.224. The van der Waals surface area contributed by atoms with Crippen LogP contribution in [0.2, 0.25) is 0 Å². The van der Waals surface area contributed by atoms with Crippen LogP contribution in [-0.4, -0.2) is 23.9 Å². The molecule has 2 aromatic rings. The molecule has 0 radical (unpaired) electrons. The lowest BCUT2D eigenvalue weighted by Crippen LogP contribution is -2.07. The molecule has 0 amide bonds. The fourth-order valence-electron chi connectivity index (χ4n) is 1.79. The number of nitrogens with zero attached hydrogens (tertiary/aromatic N) is 2. The van der Waals surface area contributed by atoms with Crippen molar-refractivity contribution in [2.45, 2.75) is 33.8 Å². The Labute approximate surface area is 135 Å². The molecule has 5 nitrogen and oxygen atoms in total. The van der Waals surface area contributed by atoms with Crippen LogP contribution in [0, 0.1) is 6.92 Å². The second-order valence-electron chi connectivity index (χ2n) is 4.97. The number of aryl methyl sites for hydroxylation is 1. The van der Waals surface area contributed by atoms with E-state index in [9.17, 15) is 0 Å². The monoisotopic (exact) mass is 319 g/mol. The third-order valence-corrected chi connectivity index (χ3v) is 3.49. The van der Waals surface area contributed by atoms with Gasteiger partial charge in [-0.05, 0) is 51.5 Å². The molecule has 22 heavy (non-hydrogen) atoms. The number of benzene rings is 1. The van der Waals surface area contributed by atoms with Crippen LogP contribution >= 0.6 is 11.3 Å². The van der Waals surface area contributed by atoms with Crippen LogP contribution < -0.4 is 14.9 Å². The molecular weight excluding hydrogens is 298 g/mol. The van der Waals surface area contributed by atoms with Gasteiger partial charge in [0.2, 0.25) is 5.13 Å². The maximum Gasteiger partial charge on any atom is 0.203 e. The molecule has 1 heterocycles. The normalized spacial score (nSPS) is 11.1. The van der Waals surface area contributed by atoms with Crippen LogP contribution in [0.4, 0.5) is 5.13 Å². The van der Waals surface area contributed by atoms with Crippen molar-refractivity contribution in [2.24, 2.45) is 5.10 Å². The summed E-state index contributed by atoms with van der Waals surface area (Å²) in [7, 11) is 0. The van der Waals surface area contributed by atoms with Gasteiger partial charge in [-0.3, -0.25) is 5.43 Å². The number of rotatable bonds is 7. The molecule has 0 bridgehead atoms. The van der Waals surface area contributed by atoms with Crippen molar-refractivity contribution in [1.29, 1.82) is 0 Å². The average Bonchev–Trinajstić information content (AvgIpc) is 2.87. The first-order chi connectivity index (χ1) is 10.6. The number of hydrazone groups is 1. The molecule has 0 spiro atoms. The summed E-state index contributed by atoms with van der Waals surface area (Å²) >= 11 is 1.52. The molecule has 0 saturated carbocycles. The van der Waals surface area contributed by atoms with Gasteiger partial charge < -0.3 is 9.47 Å². The summed E-state index contributed by atoms with van der Waals surface area (Å²) in [6, 6.07) is 5.76. The van der Waals surface area contributed by atoms with Crippen molar-refractivity contribution in [2.75, 3.05) is 12.0 Å². The summed E-state index contributed by atoms with van der Waals surface area (Å²) in [6.45, 7) is 8.47. The molecule has 0 atom stereocenters. The van der Waals surface area contributed by atoms with Gasteiger partial charge in [0.1, 0.15) is 0 Å². The zero-order chi connectivity index (χ0) is 15.9. The lowest BCUT2D eigenvalue weighted by Gasteiger charge is -2.14. The fourth-order valence-corrected chi connectivity index (χ4v) is 2.43. The van der Waals surface area contributed by atoms with Gasteiger partial charge in [-0.25, -0.2) is 4.98 Å². The second kappa shape index (κ2) is 7.79. The molecule has 1 N–H and O–H groups in total. The van der Waals surface area contributed by atoms with E-state index in [0.717, 1.165) is 27.9 Å². The highest BCUT2D eigenvalue weighted by atomic mass is 32.1. The van der Waals surface area contributed by atoms with Crippen molar-refractivity contribution >= 4 is 22.7 Å². The minimum Gasteiger partial charge on any atom is -0.490 e. The molecule has 2 rings (SSSR count). The first-order valence-corrected chi connectivity index (χ1v) is 8.11. The highest BCUT2D eigenvalue weighted by Gasteiger charge is 2.07. The van der Waals surface area contributed by atoms with E-state index in [4.69, 9.17) is 9.47 Å². The van der Waals surface area contributed by atoms with Gasteiger partial charge in [-0.15, -0.1) is 11.3 Å². The third-order valence-electron chi connectivity index (χ3n) is 2.62. The highest BCUT2D eigenvalue weighted by molar-refractivity contribution is 7.13. The Morgan fingerprint density at radius 2 is 2.18 bits per heavy atom. The summed E-state index contributed by atoms with van der Waals surface area (Å²) in [6.07, 6.45) is 1.84. The van der Waals surface area contributed by atoms with E-state index in [0.29, 0.717) is 6.61 Å². The Balaban J connectivity index is 2.08. The van der Waals surface area contributed by atoms with E-state index in [1.807, 2.05) is 51.3 Å². The number of ether oxygens (including phenoxy) is 2. The van der Waals surface area contributed by atoms with Crippen LogP contribution in [0.5, 0.6) is 11.5 Å². The molecule has 6 heteroatoms. The summed E-state index contributed by atoms with van der Waals surface area (Å²) in [5.74, 6) is 1.47. The Morgan fingerprint density at radius 3 is 2.82 bits per heavy atom. The van der Waals surface area contributed by atoms with Gasteiger partial charge >= 0.3 is 0 Å². The number of hydrogen-bond donors (Lipinski definition) is 1. The molecule has 0 aliphatic carbocycles. The van der Waals surface area contributed by atoms with Crippen LogP contribution in [0.3, 0.4) is 0 Å². The van der Waals surface area contributed by atoms with Crippen molar-refractivity contribution in [3.05, 3.63) is 34.8 Å². The summed E-state index contributed by atoms with van der Waals surface area (Å²) in [4.78, 5) is 4.28. The van der Waals surface area contributed by atoms with Crippen LogP contribution in [0.25, 0.3) is 0 Å². The van der Waals surface area contributed by atoms with Crippen LogP contribution in [0.15, 0.2) is 28.7 Å². The van der Waals surface area contributed by atoms with Gasteiger partial charge in [-0.1, -0.05) is 0 Å². The molecular formula is C16H21N3O2S. The predicted molar refractivity (Wildman–Crippen MR) is 91.4 cm³/mol. The average molecular weight is 319 g/mol. The molecule has 118 valence electrons. The number of anilines is 1. The van der Waals surface area contributed by atoms with Crippen molar-refractivity contribution in [3.8, 4) is 11.5 Å². The minimum atomic E-state index is 0.105. The fraction of sp³-hybridized carbons (Fsp3) is 0.375. The Hall–Kier alpha value is -2.08. The SMILES string of the molecule is CCOc1cc(/C=N\Nc2nc(C)cs2)ccc1OC(C)C. The van der Waals surface area contributed by atoms with Gasteiger partial charge in [-0.2, -0.15) is 5.10 Å². The number of aromatic nitrogens is 1. The molecule has 0 aliphatic heterocycles. The van der Waals surface area contributed by atoms with Crippen molar-refractivity contribution in [3.63, 3.8) is 0 Å². The summed E-state index contributed by atoms with van der Waals surface area (Å²) < 4.78 is 11.4. The van der Waals surface area contributed by atoms with E-state index in [-0.39, 0.29) is 6.10 Å². The maximum atomic E-state index is 5.74. The highest BCUT2D eigenvalue weighted by Crippen LogP contribution is 2.29. The Bertz CT molecular complexity index is 638. The standard InChI is InChI=1S/C16H21N3O2S/c1-5-20-15-8-13(6-7-14(15)21-11(2)3)9-17-19-16-18-12(4)10-22-16/h6-11H,5H2,1-4H3,(H,18,19)/b17-9-. The third kappa shape index (κ3) is 4.73. The number of hydrogen-bond acceptors (Lipinski definition) is 6. The quantitative estimate of drug-likeness (QED) is 0.617. The van der Waals surface area contributed by atoms with Crippen LogP contribution in [0.1, 0.15) is 32.0 Å². The first kappa shape index (κ1) is 16.3. The van der Waals surface area contributed by atoms with E-state index in [1.165, 1.54) is 11.3 Å². The Morgan fingerprint density at radius 1 is 1.36 bits per heavy atom. The van der Waals surface area contributed by atoms with Gasteiger partial charge in [0.05, 0.1) is 24.6 Å². The minimum absolute atomic E-state index is 0.105. The molecule has 1 aromatic heterocycles. The maximum absolute atomic E-state index is 5.74. The zero-order valence-electron chi connectivity index (χ0n) is 13.3. The molecule has 0 saturated heterocycles. The largest absolute Gasteiger partial charge is 0.490 e. The topological polar surface area (TPSA) is 55.7 Å². The molecule has 0 fully saturated rings. The van der Waals surface area contributed by atoms with Crippen LogP contribution in [-0.2, 0) is 0 Å². The lowest BCUT2D eigenvalue weighted by atomic mass is 10.2. The van der Waals surface area contributed by atoms with E-state index in [2.05, 4.69) is 15.5 Å². The van der Waals surface area contributed by atoms with E-state index < -0.39 is 0 Å². The summed E-state index contributed by atoms with van der Waals surface area (Å²) in [5.41, 5.74) is 4.83. The molecule has 0 aliphatic rings. The first-order valence-electron chi connectivity index (χ1n) is 7.23. The number of thiazole rings is 1. The predicted octanol–water partition coefficient (Wildman–Crippen LogP) is 4.08. The second-order valence-corrected chi connectivity index (χ2v) is 5.83. The van der Waals surface area contributed by atoms with Gasteiger partial charge in [0.15, 0.2) is 11.5 Å². The number of nitrogens with one attached hydrogen (secondary N) is 1. The Kier molecular flexibility index (Phi) is 5.77. The van der Waals surface area contributed by atoms with Crippen molar-refractivity contribution in [1.82, 2.24) is 4.98 Å². The molecule has 0 unspecified atom stereocenters. The van der Waals surface area contributed by atoms with Crippen molar-refractivity contribution < 1.29 is 9.47 Å². The van der Waals surface area contributed by atoms with Gasteiger partial charge in [0.25, 0.3) is 0 Å². The molecule has 1 aromatic carbocycles. The van der Waals surface area contributed by atoms with Gasteiger partial charge in [0, 0.05) is 5.38 Å². The summed E-state index contributed by atoms with van der Waals surface area (Å²) in [5, 5.41) is 6.95. The van der Waals surface area contributed by atoms with E-state index >= 15 is 0 Å². The zero-order valence-corrected chi connectivity index (χ0v) is 14.1.